The van der Waals surface area contributed by atoms with E-state index < -0.39 is 5.97 Å². The van der Waals surface area contributed by atoms with E-state index in [9.17, 15) is 0 Å². The van der Waals surface area contributed by atoms with Crippen molar-refractivity contribution in [2.24, 2.45) is 16.8 Å². The molecule has 10 heavy (non-hydrogen) atoms. The number of hydrazine groups is 1. The van der Waals surface area contributed by atoms with Crippen molar-refractivity contribution in [3.8, 4) is 0 Å². The third-order valence-corrected chi connectivity index (χ3v) is 0.149. The van der Waals surface area contributed by atoms with Crippen LogP contribution in [-0.2, 0) is 4.79 Å². The van der Waals surface area contributed by atoms with Gasteiger partial charge in [-0.15, -0.1) is 12.4 Å². The summed E-state index contributed by atoms with van der Waals surface area (Å²) in [5, 5.41) is 10.4. The molecule has 0 bridgehead atoms. The minimum atomic E-state index is -0.833. The number of nitrogens with zero attached hydrogens (tertiary/aromatic N) is 1. The van der Waals surface area contributed by atoms with Crippen LogP contribution in [0.3, 0.4) is 0 Å². The molecule has 0 saturated heterocycles. The molecule has 0 heterocycles. The predicted molar refractivity (Wildman–Crippen MR) is 40.6 cm³/mol. The molecule has 7 heteroatoms. The lowest BCUT2D eigenvalue weighted by atomic mass is 10.9. The summed E-state index contributed by atoms with van der Waals surface area (Å²) in [4.78, 5) is 9.00. The average molecular weight is 171 g/mol. The van der Waals surface area contributed by atoms with Crippen molar-refractivity contribution in [1.29, 1.82) is 0 Å². The summed E-state index contributed by atoms with van der Waals surface area (Å²) in [6.07, 6.45) is 1.18. The summed E-state index contributed by atoms with van der Waals surface area (Å²) in [6, 6.07) is 0. The van der Waals surface area contributed by atoms with Gasteiger partial charge in [0.25, 0.3) is 5.97 Å². The highest BCUT2D eigenvalue weighted by atomic mass is 35.5. The maximum Gasteiger partial charge on any atom is 0.300 e. The van der Waals surface area contributed by atoms with E-state index in [0.717, 1.165) is 6.92 Å². The molecule has 6 nitrogen and oxygen atoms in total. The average Bonchev–Trinajstić information content (AvgIpc) is 1.66. The number of hydrogen-bond donors (Lipinski definition) is 4. The van der Waals surface area contributed by atoms with Crippen LogP contribution in [0.4, 0.5) is 0 Å². The van der Waals surface area contributed by atoms with E-state index in [2.05, 4.69) is 22.2 Å². The quantitative estimate of drug-likeness (QED) is 0.172. The number of carboxylic acid groups (broad SMARTS) is 1. The van der Waals surface area contributed by atoms with Gasteiger partial charge in [0.1, 0.15) is 6.34 Å². The maximum absolute atomic E-state index is 9.00. The summed E-state index contributed by atoms with van der Waals surface area (Å²) in [5.74, 6) is 8.39. The number of nitrogens with two attached hydrogens (primary N) is 2. The van der Waals surface area contributed by atoms with E-state index in [4.69, 9.17) is 9.90 Å². The van der Waals surface area contributed by atoms with Crippen LogP contribution in [-0.4, -0.2) is 17.4 Å². The first-order valence-corrected chi connectivity index (χ1v) is 2.02. The highest BCUT2D eigenvalue weighted by Gasteiger charge is 1.65. The molecule has 0 amide bonds. The second-order valence-electron chi connectivity index (χ2n) is 0.964. The molecule has 62 valence electrons. The van der Waals surface area contributed by atoms with Gasteiger partial charge in [-0.2, -0.15) is 5.10 Å². The number of hydrazone groups is 1. The van der Waals surface area contributed by atoms with Crippen molar-refractivity contribution in [3.05, 3.63) is 0 Å². The highest BCUT2D eigenvalue weighted by Crippen LogP contribution is 1.42. The molecular formula is C3H11ClN4O2. The van der Waals surface area contributed by atoms with Crippen LogP contribution in [0.5, 0.6) is 0 Å². The van der Waals surface area contributed by atoms with Crippen LogP contribution in [0.15, 0.2) is 5.10 Å². The molecular weight excluding hydrogens is 160 g/mol. The highest BCUT2D eigenvalue weighted by molar-refractivity contribution is 5.85. The molecule has 0 fully saturated rings. The van der Waals surface area contributed by atoms with E-state index in [0.29, 0.717) is 0 Å². The third kappa shape index (κ3) is 256. The van der Waals surface area contributed by atoms with Crippen LogP contribution in [0.2, 0.25) is 0 Å². The number of carbonyl (C=O) groups is 1. The molecule has 6 N–H and O–H groups in total. The number of carboxylic acids is 1. The number of aliphatic carboxylic acids is 1. The Morgan fingerprint density at radius 2 is 2.10 bits per heavy atom. The Labute approximate surface area is 64.6 Å². The van der Waals surface area contributed by atoms with Crippen molar-refractivity contribution in [2.75, 3.05) is 0 Å². The summed E-state index contributed by atoms with van der Waals surface area (Å²) >= 11 is 0. The van der Waals surface area contributed by atoms with Crippen LogP contribution >= 0.6 is 12.4 Å². The standard InChI is InChI=1S/C2H4O2.CH6N4.ClH/c1-2(3)4;2-4-1-5-3;/h1H3,(H,3,4);1H,2-3H2,(H,4,5);1H. The largest absolute Gasteiger partial charge is 0.481 e. The lowest BCUT2D eigenvalue weighted by molar-refractivity contribution is -0.134. The van der Waals surface area contributed by atoms with Gasteiger partial charge in [0.2, 0.25) is 0 Å². The molecule has 0 aliphatic rings. The van der Waals surface area contributed by atoms with Gasteiger partial charge in [-0.3, -0.25) is 4.79 Å². The topological polar surface area (TPSA) is 114 Å². The fourth-order valence-corrected chi connectivity index (χ4v) is 0.0430. The van der Waals surface area contributed by atoms with Gasteiger partial charge in [0.05, 0.1) is 0 Å². The van der Waals surface area contributed by atoms with E-state index in [1.54, 1.807) is 0 Å². The zero-order valence-electron chi connectivity index (χ0n) is 5.44. The molecule has 0 aromatic heterocycles. The molecule has 0 aliphatic heterocycles. The lowest BCUT2D eigenvalue weighted by Crippen LogP contribution is -2.19. The molecule has 0 radical (unpaired) electrons. The lowest BCUT2D eigenvalue weighted by Gasteiger charge is -1.75. The van der Waals surface area contributed by atoms with Crippen molar-refractivity contribution < 1.29 is 9.90 Å². The van der Waals surface area contributed by atoms with Gasteiger partial charge in [-0.25, -0.2) is 5.84 Å². The van der Waals surface area contributed by atoms with Crippen molar-refractivity contribution in [3.63, 3.8) is 0 Å². The molecule has 0 rings (SSSR count). The summed E-state index contributed by atoms with van der Waals surface area (Å²) in [6.45, 7) is 1.08. The molecule has 0 aliphatic carbocycles. The Bertz CT molecular complexity index is 92.5. The van der Waals surface area contributed by atoms with Gasteiger partial charge in [-0.1, -0.05) is 0 Å². The van der Waals surface area contributed by atoms with Gasteiger partial charge < -0.3 is 16.4 Å². The number of nitrogens with one attached hydrogen (secondary N) is 1. The molecule has 0 atom stereocenters. The number of halogens is 1. The smallest absolute Gasteiger partial charge is 0.300 e. The Kier molecular flexibility index (Phi) is 25.1. The first-order chi connectivity index (χ1) is 4.15. The molecule has 0 saturated carbocycles. The fourth-order valence-electron chi connectivity index (χ4n) is 0.0430. The SMILES string of the molecule is CC(=O)O.Cl.NN=CNN. The Morgan fingerprint density at radius 3 is 2.10 bits per heavy atom. The number of rotatable bonds is 1. The van der Waals surface area contributed by atoms with Crippen LogP contribution in [0, 0.1) is 0 Å². The third-order valence-electron chi connectivity index (χ3n) is 0.149. The van der Waals surface area contributed by atoms with Gasteiger partial charge in [0, 0.05) is 6.92 Å². The zero-order valence-corrected chi connectivity index (χ0v) is 6.26. The fraction of sp³-hybridized carbons (Fsp3) is 0.333. The van der Waals surface area contributed by atoms with Crippen molar-refractivity contribution in [2.45, 2.75) is 6.92 Å². The van der Waals surface area contributed by atoms with Crippen LogP contribution in [0.25, 0.3) is 0 Å². The predicted octanol–water partition coefficient (Wildman–Crippen LogP) is -1.14. The normalized spacial score (nSPS) is 7.00. The zero-order chi connectivity index (χ0) is 7.70. The Morgan fingerprint density at radius 1 is 1.80 bits per heavy atom. The summed E-state index contributed by atoms with van der Waals surface area (Å²) in [7, 11) is 0. The van der Waals surface area contributed by atoms with Gasteiger partial charge in [0.15, 0.2) is 0 Å². The minimum Gasteiger partial charge on any atom is -0.481 e. The Balaban J connectivity index is -0.0000000910. The van der Waals surface area contributed by atoms with Crippen LogP contribution in [0.1, 0.15) is 6.92 Å². The first kappa shape index (κ1) is 16.0. The maximum atomic E-state index is 9.00. The van der Waals surface area contributed by atoms with E-state index >= 15 is 0 Å². The molecule has 0 unspecified atom stereocenters. The van der Waals surface area contributed by atoms with Crippen molar-refractivity contribution in [1.82, 2.24) is 5.43 Å². The van der Waals surface area contributed by atoms with Gasteiger partial charge in [-0.05, 0) is 0 Å². The number of hydrogen-bond acceptors (Lipinski definition) is 4. The first-order valence-electron chi connectivity index (χ1n) is 2.02. The second kappa shape index (κ2) is 15.7. The monoisotopic (exact) mass is 170 g/mol. The summed E-state index contributed by atoms with van der Waals surface area (Å²) in [5.41, 5.74) is 2.10. The Hall–Kier alpha value is -1.01. The molecule has 0 aromatic carbocycles. The van der Waals surface area contributed by atoms with E-state index in [1.807, 2.05) is 0 Å². The molecule has 0 aromatic rings. The molecule has 0 spiro atoms. The summed E-state index contributed by atoms with van der Waals surface area (Å²) < 4.78 is 0. The second-order valence-corrected chi connectivity index (χ2v) is 0.964. The van der Waals surface area contributed by atoms with Crippen molar-refractivity contribution >= 4 is 24.7 Å². The minimum absolute atomic E-state index is 0. The van der Waals surface area contributed by atoms with Gasteiger partial charge >= 0.3 is 0 Å². The van der Waals surface area contributed by atoms with E-state index in [-0.39, 0.29) is 12.4 Å². The van der Waals surface area contributed by atoms with E-state index in [1.165, 1.54) is 6.34 Å². The van der Waals surface area contributed by atoms with Crippen LogP contribution < -0.4 is 17.1 Å².